The number of hydrogen-bond acceptors (Lipinski definition) is 3. The number of thiocarbonyl (C=S) groups is 1. The Labute approximate surface area is 151 Å². The fourth-order valence-electron chi connectivity index (χ4n) is 2.23. The Bertz CT molecular complexity index is 814. The van der Waals surface area contributed by atoms with Crippen molar-refractivity contribution in [1.29, 1.82) is 0 Å². The Morgan fingerprint density at radius 2 is 1.56 bits per heavy atom. The van der Waals surface area contributed by atoms with E-state index >= 15 is 0 Å². The number of hydrogen-bond donors (Lipinski definition) is 2. The summed E-state index contributed by atoms with van der Waals surface area (Å²) in [5, 5.41) is 5.34. The Kier molecular flexibility index (Phi) is 4.91. The smallest absolute Gasteiger partial charge is 0.417 e. The van der Waals surface area contributed by atoms with Gasteiger partial charge in [-0.05, 0) is 42.5 Å². The lowest BCUT2D eigenvalue weighted by atomic mass is 10.2. The second-order valence-corrected chi connectivity index (χ2v) is 5.95. The summed E-state index contributed by atoms with van der Waals surface area (Å²) >= 11 is 10.7. The summed E-state index contributed by atoms with van der Waals surface area (Å²) in [6.07, 6.45) is -4.54. The third-order valence-corrected chi connectivity index (χ3v) is 3.86. The zero-order chi connectivity index (χ0) is 18.0. The third kappa shape index (κ3) is 4.26. The first kappa shape index (κ1) is 17.6. The highest BCUT2D eigenvalue weighted by molar-refractivity contribution is 7.80. The maximum absolute atomic E-state index is 12.9. The lowest BCUT2D eigenvalue weighted by Crippen LogP contribution is -2.20. The molecule has 2 aromatic carbocycles. The molecule has 2 N–H and O–H groups in total. The van der Waals surface area contributed by atoms with E-state index in [1.807, 2.05) is 0 Å². The monoisotopic (exact) mass is 388 g/mol. The third-order valence-electron chi connectivity index (χ3n) is 3.33. The lowest BCUT2D eigenvalue weighted by molar-refractivity contribution is -0.137. The van der Waals surface area contributed by atoms with Crippen molar-refractivity contribution in [2.24, 2.45) is 0 Å². The van der Waals surface area contributed by atoms with E-state index in [1.165, 1.54) is 12.1 Å². The molecule has 0 aliphatic carbocycles. The summed E-state index contributed by atoms with van der Waals surface area (Å²) in [7, 11) is 0. The van der Waals surface area contributed by atoms with Gasteiger partial charge in [0.15, 0.2) is 16.6 Å². The van der Waals surface area contributed by atoms with Gasteiger partial charge in [0.05, 0.1) is 10.6 Å². The minimum absolute atomic E-state index is 0.132. The first-order valence-corrected chi connectivity index (χ1v) is 7.96. The molecule has 2 aromatic rings. The van der Waals surface area contributed by atoms with Gasteiger partial charge in [0.2, 0.25) is 0 Å². The van der Waals surface area contributed by atoms with Crippen LogP contribution < -0.4 is 20.1 Å². The van der Waals surface area contributed by atoms with Crippen molar-refractivity contribution in [1.82, 2.24) is 0 Å². The maximum Gasteiger partial charge on any atom is 0.417 e. The van der Waals surface area contributed by atoms with Crippen molar-refractivity contribution in [2.75, 3.05) is 23.8 Å². The second kappa shape index (κ2) is 6.97. The molecule has 0 unspecified atom stereocenters. The molecule has 0 aromatic heterocycles. The highest BCUT2D eigenvalue weighted by atomic mass is 35.5. The lowest BCUT2D eigenvalue weighted by Gasteiger charge is -2.19. The summed E-state index contributed by atoms with van der Waals surface area (Å²) in [6, 6.07) is 8.63. The van der Waals surface area contributed by atoms with Crippen molar-refractivity contribution in [3.05, 3.63) is 47.0 Å². The van der Waals surface area contributed by atoms with Gasteiger partial charge in [-0.15, -0.1) is 0 Å². The number of rotatable bonds is 2. The zero-order valence-electron chi connectivity index (χ0n) is 12.6. The summed E-state index contributed by atoms with van der Waals surface area (Å²) in [4.78, 5) is 0. The van der Waals surface area contributed by atoms with Gasteiger partial charge in [0.1, 0.15) is 13.2 Å². The first-order valence-electron chi connectivity index (χ1n) is 7.17. The van der Waals surface area contributed by atoms with Gasteiger partial charge < -0.3 is 20.1 Å². The van der Waals surface area contributed by atoms with Gasteiger partial charge in [0.25, 0.3) is 0 Å². The molecule has 4 nitrogen and oxygen atoms in total. The molecule has 1 aliphatic rings. The molecule has 0 atom stereocenters. The topological polar surface area (TPSA) is 42.5 Å². The number of anilines is 2. The molecule has 0 saturated heterocycles. The number of ether oxygens (including phenoxy) is 2. The van der Waals surface area contributed by atoms with Crippen LogP contribution in [0.4, 0.5) is 24.5 Å². The highest BCUT2D eigenvalue weighted by Gasteiger charge is 2.33. The predicted molar refractivity (Wildman–Crippen MR) is 93.7 cm³/mol. The first-order chi connectivity index (χ1) is 11.8. The number of alkyl halides is 3. The van der Waals surface area contributed by atoms with Gasteiger partial charge in [-0.1, -0.05) is 11.6 Å². The number of halogens is 4. The van der Waals surface area contributed by atoms with E-state index in [-0.39, 0.29) is 15.8 Å². The molecule has 3 rings (SSSR count). The normalized spacial score (nSPS) is 13.3. The largest absolute Gasteiger partial charge is 0.486 e. The molecule has 1 heterocycles. The average molecular weight is 389 g/mol. The Morgan fingerprint density at radius 1 is 0.960 bits per heavy atom. The van der Waals surface area contributed by atoms with E-state index < -0.39 is 11.7 Å². The van der Waals surface area contributed by atoms with Crippen LogP contribution in [-0.2, 0) is 6.18 Å². The van der Waals surface area contributed by atoms with Crippen molar-refractivity contribution >= 4 is 40.3 Å². The second-order valence-electron chi connectivity index (χ2n) is 5.13. The minimum Gasteiger partial charge on any atom is -0.486 e. The molecule has 132 valence electrons. The van der Waals surface area contributed by atoms with Gasteiger partial charge in [0, 0.05) is 17.4 Å². The Morgan fingerprint density at radius 3 is 2.24 bits per heavy atom. The number of benzene rings is 2. The fourth-order valence-corrected chi connectivity index (χ4v) is 2.70. The van der Waals surface area contributed by atoms with Crippen LogP contribution in [-0.4, -0.2) is 18.3 Å². The predicted octanol–water partition coefficient (Wildman–Crippen LogP) is 4.94. The molecule has 1 aliphatic heterocycles. The van der Waals surface area contributed by atoms with Crippen molar-refractivity contribution < 1.29 is 22.6 Å². The van der Waals surface area contributed by atoms with Crippen LogP contribution in [0, 0.1) is 0 Å². The number of fused-ring (bicyclic) bond motifs is 1. The Balaban J connectivity index is 1.71. The van der Waals surface area contributed by atoms with Gasteiger partial charge in [-0.25, -0.2) is 0 Å². The quantitative estimate of drug-likeness (QED) is 0.713. The van der Waals surface area contributed by atoms with E-state index in [9.17, 15) is 13.2 Å². The molecule has 0 radical (unpaired) electrons. The maximum atomic E-state index is 12.9. The molecule has 0 amide bonds. The van der Waals surface area contributed by atoms with Crippen LogP contribution in [0.25, 0.3) is 0 Å². The summed E-state index contributed by atoms with van der Waals surface area (Å²) < 4.78 is 49.5. The average Bonchev–Trinajstić information content (AvgIpc) is 2.55. The van der Waals surface area contributed by atoms with Crippen LogP contribution in [0.3, 0.4) is 0 Å². The van der Waals surface area contributed by atoms with E-state index in [0.29, 0.717) is 30.4 Å². The standard InChI is InChI=1S/C16H12ClF3N2O2S/c17-12-3-1-9(7-11(12)16(18,19)20)21-15(25)22-10-2-4-13-14(8-10)24-6-5-23-13/h1-4,7-8H,5-6H2,(H2,21,22,25). The molecular weight excluding hydrogens is 377 g/mol. The van der Waals surface area contributed by atoms with Crippen molar-refractivity contribution in [3.63, 3.8) is 0 Å². The fraction of sp³-hybridized carbons (Fsp3) is 0.188. The van der Waals surface area contributed by atoms with Crippen LogP contribution >= 0.6 is 23.8 Å². The molecule has 0 spiro atoms. The molecule has 0 saturated carbocycles. The van der Waals surface area contributed by atoms with Crippen molar-refractivity contribution in [3.8, 4) is 11.5 Å². The summed E-state index contributed by atoms with van der Waals surface area (Å²) in [5.41, 5.74) is -0.139. The van der Waals surface area contributed by atoms with Gasteiger partial charge in [-0.2, -0.15) is 13.2 Å². The Hall–Kier alpha value is -2.19. The molecule has 9 heteroatoms. The van der Waals surface area contributed by atoms with E-state index in [2.05, 4.69) is 10.6 Å². The number of nitrogens with one attached hydrogen (secondary N) is 2. The zero-order valence-corrected chi connectivity index (χ0v) is 14.2. The molecular formula is C16H12ClF3N2O2S. The minimum atomic E-state index is -4.54. The molecule has 0 bridgehead atoms. The molecule has 0 fully saturated rings. The van der Waals surface area contributed by atoms with E-state index in [4.69, 9.17) is 33.3 Å². The van der Waals surface area contributed by atoms with Crippen LogP contribution in [0.15, 0.2) is 36.4 Å². The summed E-state index contributed by atoms with van der Waals surface area (Å²) in [6.45, 7) is 0.933. The van der Waals surface area contributed by atoms with Gasteiger partial charge in [-0.3, -0.25) is 0 Å². The van der Waals surface area contributed by atoms with Crippen molar-refractivity contribution in [2.45, 2.75) is 6.18 Å². The van der Waals surface area contributed by atoms with E-state index in [0.717, 1.165) is 6.07 Å². The molecule has 25 heavy (non-hydrogen) atoms. The highest BCUT2D eigenvalue weighted by Crippen LogP contribution is 2.36. The summed E-state index contributed by atoms with van der Waals surface area (Å²) in [5.74, 6) is 1.20. The van der Waals surface area contributed by atoms with Crippen LogP contribution in [0.2, 0.25) is 5.02 Å². The van der Waals surface area contributed by atoms with E-state index in [1.54, 1.807) is 18.2 Å². The SMILES string of the molecule is FC(F)(F)c1cc(NC(=S)Nc2ccc3c(c2)OCCO3)ccc1Cl. The van der Waals surface area contributed by atoms with Crippen LogP contribution in [0.1, 0.15) is 5.56 Å². The van der Waals surface area contributed by atoms with Crippen LogP contribution in [0.5, 0.6) is 11.5 Å². The van der Waals surface area contributed by atoms with Gasteiger partial charge >= 0.3 is 6.18 Å².